The highest BCUT2D eigenvalue weighted by Crippen LogP contribution is 2.16. The summed E-state index contributed by atoms with van der Waals surface area (Å²) >= 11 is 0. The van der Waals surface area contributed by atoms with Gasteiger partial charge < -0.3 is 15.5 Å². The van der Waals surface area contributed by atoms with Crippen molar-refractivity contribution in [3.63, 3.8) is 0 Å². The van der Waals surface area contributed by atoms with Gasteiger partial charge in [-0.2, -0.15) is 5.10 Å². The number of piperidine rings is 1. The topological polar surface area (TPSA) is 60.7 Å². The van der Waals surface area contributed by atoms with Gasteiger partial charge in [0.25, 0.3) is 6.43 Å². The van der Waals surface area contributed by atoms with E-state index in [4.69, 9.17) is 0 Å². The lowest BCUT2D eigenvalue weighted by Gasteiger charge is -2.33. The highest BCUT2D eigenvalue weighted by Gasteiger charge is 2.22. The van der Waals surface area contributed by atoms with Gasteiger partial charge in [0.2, 0.25) is 0 Å². The summed E-state index contributed by atoms with van der Waals surface area (Å²) in [7, 11) is 7.73. The Bertz CT molecular complexity index is 571. The monoisotopic (exact) mass is 499 g/mol. The summed E-state index contributed by atoms with van der Waals surface area (Å²) in [5.74, 6) is 0.744. The predicted octanol–water partition coefficient (Wildman–Crippen LogP) is 1.54. The van der Waals surface area contributed by atoms with E-state index in [0.29, 0.717) is 19.6 Å². The van der Waals surface area contributed by atoms with Crippen molar-refractivity contribution in [3.8, 4) is 0 Å². The summed E-state index contributed by atoms with van der Waals surface area (Å²) in [6.07, 6.45) is 3.31. The van der Waals surface area contributed by atoms with Crippen LogP contribution < -0.4 is 10.6 Å². The first kappa shape index (κ1) is 24.0. The lowest BCUT2D eigenvalue weighted by Crippen LogP contribution is -2.50. The summed E-state index contributed by atoms with van der Waals surface area (Å²) in [6.45, 7) is 1.95. The molecule has 0 bridgehead atoms. The van der Waals surface area contributed by atoms with Crippen LogP contribution in [0.3, 0.4) is 0 Å². The number of aromatic nitrogens is 2. The Hall–Kier alpha value is -1.01. The molecule has 0 amide bonds. The van der Waals surface area contributed by atoms with Gasteiger partial charge in [-0.1, -0.05) is 0 Å². The lowest BCUT2D eigenvalue weighted by molar-refractivity contribution is 0.0744. The first-order chi connectivity index (χ1) is 12.4. The average Bonchev–Trinajstić information content (AvgIpc) is 3.01. The minimum absolute atomic E-state index is 0. The molecule has 0 spiro atoms. The van der Waals surface area contributed by atoms with Crippen molar-refractivity contribution in [3.05, 3.63) is 18.0 Å². The molecule has 10 heteroatoms. The van der Waals surface area contributed by atoms with Crippen molar-refractivity contribution >= 4 is 29.9 Å². The SMILES string of the molecule is CN=C(NCC(c1cnn(C)c1)N(C)C)NC1CCN(CC(F)F)CC1.I. The number of likely N-dealkylation sites (tertiary alicyclic amines) is 1. The molecule has 1 saturated heterocycles. The number of rotatable bonds is 7. The highest BCUT2D eigenvalue weighted by molar-refractivity contribution is 14.0. The van der Waals surface area contributed by atoms with Gasteiger partial charge in [-0.05, 0) is 26.9 Å². The number of hydrogen-bond donors (Lipinski definition) is 2. The van der Waals surface area contributed by atoms with E-state index < -0.39 is 6.43 Å². The van der Waals surface area contributed by atoms with Crippen LogP contribution in [-0.2, 0) is 7.05 Å². The molecule has 0 aliphatic carbocycles. The molecule has 1 fully saturated rings. The molecule has 1 aliphatic rings. The zero-order valence-corrected chi connectivity index (χ0v) is 18.9. The minimum Gasteiger partial charge on any atom is -0.354 e. The second kappa shape index (κ2) is 11.7. The van der Waals surface area contributed by atoms with Gasteiger partial charge in [0, 0.05) is 51.5 Å². The third kappa shape index (κ3) is 7.86. The van der Waals surface area contributed by atoms with Crippen LogP contribution in [-0.4, -0.2) is 85.3 Å². The number of aryl methyl sites for hydroxylation is 1. The van der Waals surface area contributed by atoms with E-state index >= 15 is 0 Å². The van der Waals surface area contributed by atoms with Crippen molar-refractivity contribution in [1.82, 2.24) is 30.2 Å². The number of nitrogens with zero attached hydrogens (tertiary/aromatic N) is 5. The summed E-state index contributed by atoms with van der Waals surface area (Å²) in [5.41, 5.74) is 1.14. The maximum absolute atomic E-state index is 12.5. The molecule has 0 saturated carbocycles. The van der Waals surface area contributed by atoms with Crippen LogP contribution in [0, 0.1) is 0 Å². The van der Waals surface area contributed by atoms with Crippen molar-refractivity contribution in [1.29, 1.82) is 0 Å². The fourth-order valence-corrected chi connectivity index (χ4v) is 3.25. The molecular formula is C17H32F2IN7. The maximum Gasteiger partial charge on any atom is 0.251 e. The third-order valence-corrected chi connectivity index (χ3v) is 4.74. The molecule has 2 heterocycles. The second-order valence-corrected chi connectivity index (χ2v) is 6.99. The molecule has 1 aliphatic heterocycles. The molecule has 1 aromatic heterocycles. The number of hydrogen-bond acceptors (Lipinski definition) is 4. The van der Waals surface area contributed by atoms with Gasteiger partial charge in [0.1, 0.15) is 0 Å². The van der Waals surface area contributed by atoms with Gasteiger partial charge in [0.15, 0.2) is 5.96 Å². The van der Waals surface area contributed by atoms with Gasteiger partial charge in [-0.3, -0.25) is 14.6 Å². The molecule has 7 nitrogen and oxygen atoms in total. The molecule has 0 aromatic carbocycles. The first-order valence-electron chi connectivity index (χ1n) is 9.01. The summed E-state index contributed by atoms with van der Waals surface area (Å²) < 4.78 is 26.7. The van der Waals surface area contributed by atoms with Crippen molar-refractivity contribution < 1.29 is 8.78 Å². The van der Waals surface area contributed by atoms with Gasteiger partial charge in [-0.25, -0.2) is 8.78 Å². The van der Waals surface area contributed by atoms with Crippen molar-refractivity contribution in [2.24, 2.45) is 12.0 Å². The van der Waals surface area contributed by atoms with E-state index in [0.717, 1.165) is 24.4 Å². The lowest BCUT2D eigenvalue weighted by atomic mass is 10.1. The Morgan fingerprint density at radius 3 is 2.52 bits per heavy atom. The Balaban J connectivity index is 0.00000364. The van der Waals surface area contributed by atoms with Gasteiger partial charge in [0.05, 0.1) is 18.8 Å². The fraction of sp³-hybridized carbons (Fsp3) is 0.765. The summed E-state index contributed by atoms with van der Waals surface area (Å²) in [6, 6.07) is 0.432. The maximum atomic E-state index is 12.5. The zero-order valence-electron chi connectivity index (χ0n) is 16.5. The van der Waals surface area contributed by atoms with Crippen LogP contribution in [0.15, 0.2) is 17.4 Å². The van der Waals surface area contributed by atoms with Crippen molar-refractivity contribution in [2.45, 2.75) is 31.4 Å². The fourth-order valence-electron chi connectivity index (χ4n) is 3.25. The quantitative estimate of drug-likeness (QED) is 0.339. The summed E-state index contributed by atoms with van der Waals surface area (Å²) in [5, 5.41) is 11.0. The predicted molar refractivity (Wildman–Crippen MR) is 115 cm³/mol. The Morgan fingerprint density at radius 1 is 1.37 bits per heavy atom. The van der Waals surface area contributed by atoms with Gasteiger partial charge >= 0.3 is 0 Å². The largest absolute Gasteiger partial charge is 0.354 e. The Labute approximate surface area is 177 Å². The second-order valence-electron chi connectivity index (χ2n) is 6.99. The molecule has 2 rings (SSSR count). The number of likely N-dealkylation sites (N-methyl/N-ethyl adjacent to an activating group) is 1. The molecule has 1 unspecified atom stereocenters. The zero-order chi connectivity index (χ0) is 19.1. The number of halogens is 3. The number of aliphatic imine (C=N–C) groups is 1. The van der Waals surface area contributed by atoms with Crippen LogP contribution in [0.1, 0.15) is 24.4 Å². The molecule has 1 aromatic rings. The number of guanidine groups is 1. The molecule has 2 N–H and O–H groups in total. The normalized spacial score (nSPS) is 17.9. The van der Waals surface area contributed by atoms with Crippen LogP contribution in [0.4, 0.5) is 8.78 Å². The van der Waals surface area contributed by atoms with E-state index in [9.17, 15) is 8.78 Å². The molecular weight excluding hydrogens is 467 g/mol. The summed E-state index contributed by atoms with van der Waals surface area (Å²) in [4.78, 5) is 8.26. The van der Waals surface area contributed by atoms with E-state index in [1.54, 1.807) is 11.7 Å². The van der Waals surface area contributed by atoms with Crippen LogP contribution >= 0.6 is 24.0 Å². The van der Waals surface area contributed by atoms with E-state index in [-0.39, 0.29) is 42.6 Å². The average molecular weight is 499 g/mol. The first-order valence-corrected chi connectivity index (χ1v) is 9.01. The van der Waals surface area contributed by atoms with Crippen LogP contribution in [0.25, 0.3) is 0 Å². The molecule has 0 radical (unpaired) electrons. The van der Waals surface area contributed by atoms with Crippen LogP contribution in [0.2, 0.25) is 0 Å². The van der Waals surface area contributed by atoms with Crippen LogP contribution in [0.5, 0.6) is 0 Å². The highest BCUT2D eigenvalue weighted by atomic mass is 127. The molecule has 1 atom stereocenters. The smallest absolute Gasteiger partial charge is 0.251 e. The molecule has 156 valence electrons. The molecule has 27 heavy (non-hydrogen) atoms. The Kier molecular flexibility index (Phi) is 10.5. The van der Waals surface area contributed by atoms with E-state index in [2.05, 4.69) is 25.6 Å². The van der Waals surface area contributed by atoms with Crippen molar-refractivity contribution in [2.75, 3.05) is 47.3 Å². The third-order valence-electron chi connectivity index (χ3n) is 4.74. The van der Waals surface area contributed by atoms with E-state index in [1.807, 2.05) is 38.4 Å². The minimum atomic E-state index is -2.26. The van der Waals surface area contributed by atoms with E-state index in [1.165, 1.54) is 0 Å². The number of nitrogens with one attached hydrogen (secondary N) is 2. The van der Waals surface area contributed by atoms with Gasteiger partial charge in [-0.15, -0.1) is 24.0 Å². The number of alkyl halides is 2. The standard InChI is InChI=1S/C17H31F2N7.HI/c1-20-17(23-14-5-7-26(8-6-14)12-16(18)19)21-10-15(24(2)3)13-9-22-25(4)11-13;/h9,11,14-16H,5-8,10,12H2,1-4H3,(H2,20,21,23);1H. The Morgan fingerprint density at radius 2 is 2.04 bits per heavy atom.